The number of benzene rings is 1. The molecule has 0 radical (unpaired) electrons. The second-order valence-corrected chi connectivity index (χ2v) is 9.52. The van der Waals surface area contributed by atoms with E-state index in [-0.39, 0.29) is 22.0 Å². The van der Waals surface area contributed by atoms with Crippen molar-refractivity contribution in [1.29, 1.82) is 0 Å². The number of piperidine rings is 1. The lowest BCUT2D eigenvalue weighted by atomic mass is 9.98. The third kappa shape index (κ3) is 5.45. The summed E-state index contributed by atoms with van der Waals surface area (Å²) in [5, 5.41) is 13.2. The van der Waals surface area contributed by atoms with Gasteiger partial charge in [-0.2, -0.15) is 13.2 Å². The van der Waals surface area contributed by atoms with Crippen LogP contribution in [0.2, 0.25) is 0 Å². The van der Waals surface area contributed by atoms with Crippen molar-refractivity contribution in [2.24, 2.45) is 5.92 Å². The normalized spacial score (nSPS) is 16.3. The minimum atomic E-state index is -4.84. The number of rotatable bonds is 5. The highest BCUT2D eigenvalue weighted by Gasteiger charge is 2.35. The van der Waals surface area contributed by atoms with Crippen LogP contribution in [-0.4, -0.2) is 40.0 Å². The Morgan fingerprint density at radius 1 is 1.29 bits per heavy atom. The van der Waals surface area contributed by atoms with Crippen molar-refractivity contribution in [1.82, 2.24) is 9.97 Å². The minimum Gasteiger partial charge on any atom is -0.481 e. The fourth-order valence-electron chi connectivity index (χ4n) is 3.73. The molecule has 1 saturated heterocycles. The Balaban J connectivity index is 1.49. The van der Waals surface area contributed by atoms with E-state index in [0.717, 1.165) is 17.4 Å². The van der Waals surface area contributed by atoms with E-state index in [1.807, 2.05) is 4.90 Å². The molecule has 7 nitrogen and oxygen atoms in total. The highest BCUT2D eigenvalue weighted by molar-refractivity contribution is 9.10. The summed E-state index contributed by atoms with van der Waals surface area (Å²) in [5.74, 6) is -2.85. The fraction of sp³-hybridized carbons (Fsp3) is 0.273. The molecule has 1 atom stereocenters. The summed E-state index contributed by atoms with van der Waals surface area (Å²) in [6.07, 6.45) is -2.22. The number of carboxylic acids is 1. The first-order valence-electron chi connectivity index (χ1n) is 10.3. The van der Waals surface area contributed by atoms with E-state index in [1.165, 1.54) is 23.7 Å². The van der Waals surface area contributed by atoms with E-state index in [0.29, 0.717) is 42.3 Å². The van der Waals surface area contributed by atoms with Crippen LogP contribution in [0.15, 0.2) is 40.3 Å². The zero-order chi connectivity index (χ0) is 25.3. The molecule has 0 aliphatic carbocycles. The van der Waals surface area contributed by atoms with Crippen LogP contribution in [0.5, 0.6) is 0 Å². The Kier molecular flexibility index (Phi) is 7.08. The van der Waals surface area contributed by atoms with Gasteiger partial charge in [0.25, 0.3) is 5.91 Å². The Bertz CT molecular complexity index is 1280. The number of amides is 1. The Morgan fingerprint density at radius 2 is 2.06 bits per heavy atom. The van der Waals surface area contributed by atoms with Gasteiger partial charge in [-0.1, -0.05) is 6.07 Å². The Labute approximate surface area is 208 Å². The van der Waals surface area contributed by atoms with Crippen LogP contribution in [0.1, 0.15) is 28.8 Å². The average molecular weight is 573 g/mol. The molecular formula is C22H17BrF4N4O3S. The van der Waals surface area contributed by atoms with Crippen LogP contribution in [-0.2, 0) is 11.0 Å². The molecule has 2 aromatic heterocycles. The van der Waals surface area contributed by atoms with Crippen molar-refractivity contribution in [3.63, 3.8) is 0 Å². The molecule has 1 aliphatic rings. The third-order valence-corrected chi connectivity index (χ3v) is 6.80. The number of halogens is 5. The zero-order valence-electron chi connectivity index (χ0n) is 17.8. The molecule has 3 aromatic rings. The first kappa shape index (κ1) is 25.0. The minimum absolute atomic E-state index is 0.0402. The second-order valence-electron chi connectivity index (χ2n) is 7.81. The van der Waals surface area contributed by atoms with Gasteiger partial charge in [0, 0.05) is 30.2 Å². The molecule has 1 aliphatic heterocycles. The molecule has 0 bridgehead atoms. The summed E-state index contributed by atoms with van der Waals surface area (Å²) >= 11 is 4.32. The molecule has 0 saturated carbocycles. The number of carbonyl (C=O) groups is 2. The topological polar surface area (TPSA) is 95.4 Å². The quantitative estimate of drug-likeness (QED) is 0.382. The van der Waals surface area contributed by atoms with E-state index in [2.05, 4.69) is 31.2 Å². The van der Waals surface area contributed by atoms with E-state index in [4.69, 9.17) is 0 Å². The van der Waals surface area contributed by atoms with Crippen LogP contribution < -0.4 is 10.2 Å². The number of nitrogens with zero attached hydrogens (tertiary/aromatic N) is 3. The lowest BCUT2D eigenvalue weighted by molar-refractivity contribution is -0.142. The summed E-state index contributed by atoms with van der Waals surface area (Å²) in [6, 6.07) is 4.45. The summed E-state index contributed by atoms with van der Waals surface area (Å²) in [6.45, 7) is 0.940. The SMILES string of the molecule is O=C(Nc1nc(-c2cccc(C(F)(F)F)c2F)cs1)c1cnc(N2CCCC(C(=O)O)C2)c(Br)c1. The van der Waals surface area contributed by atoms with Crippen molar-refractivity contribution in [3.8, 4) is 11.3 Å². The lowest BCUT2D eigenvalue weighted by Crippen LogP contribution is -2.39. The number of thiazole rings is 1. The van der Waals surface area contributed by atoms with Crippen molar-refractivity contribution in [3.05, 3.63) is 57.3 Å². The highest BCUT2D eigenvalue weighted by Crippen LogP contribution is 2.36. The smallest absolute Gasteiger partial charge is 0.419 e. The van der Waals surface area contributed by atoms with Gasteiger partial charge in [-0.15, -0.1) is 11.3 Å². The molecule has 1 unspecified atom stereocenters. The molecule has 4 rings (SSSR count). The van der Waals surface area contributed by atoms with E-state index >= 15 is 0 Å². The van der Waals surface area contributed by atoms with Gasteiger partial charge in [-0.05, 0) is 47.0 Å². The molecular weight excluding hydrogens is 556 g/mol. The van der Waals surface area contributed by atoms with Crippen LogP contribution in [0.25, 0.3) is 11.3 Å². The van der Waals surface area contributed by atoms with E-state index in [1.54, 1.807) is 0 Å². The first-order valence-corrected chi connectivity index (χ1v) is 12.0. The number of anilines is 2. The summed E-state index contributed by atoms with van der Waals surface area (Å²) < 4.78 is 53.9. The van der Waals surface area contributed by atoms with Crippen LogP contribution in [0, 0.1) is 11.7 Å². The maximum atomic E-state index is 14.4. The fourth-order valence-corrected chi connectivity index (χ4v) is 5.04. The van der Waals surface area contributed by atoms with Gasteiger partial charge in [-0.3, -0.25) is 14.9 Å². The maximum Gasteiger partial charge on any atom is 0.419 e. The van der Waals surface area contributed by atoms with Crippen molar-refractivity contribution < 1.29 is 32.3 Å². The largest absolute Gasteiger partial charge is 0.481 e. The van der Waals surface area contributed by atoms with Gasteiger partial charge >= 0.3 is 12.1 Å². The van der Waals surface area contributed by atoms with Crippen LogP contribution >= 0.6 is 27.3 Å². The molecule has 1 aromatic carbocycles. The number of pyridine rings is 1. The Hall–Kier alpha value is -3.06. The van der Waals surface area contributed by atoms with Crippen LogP contribution in [0.4, 0.5) is 28.5 Å². The number of aromatic nitrogens is 2. The van der Waals surface area contributed by atoms with E-state index < -0.39 is 35.4 Å². The molecule has 1 fully saturated rings. The number of nitrogens with one attached hydrogen (secondary N) is 1. The summed E-state index contributed by atoms with van der Waals surface area (Å²) in [5.41, 5.74) is -1.59. The predicted molar refractivity (Wildman–Crippen MR) is 125 cm³/mol. The number of hydrogen-bond acceptors (Lipinski definition) is 6. The number of alkyl halides is 3. The third-order valence-electron chi connectivity index (χ3n) is 5.46. The number of hydrogen-bond donors (Lipinski definition) is 2. The highest BCUT2D eigenvalue weighted by atomic mass is 79.9. The standard InChI is InChI=1S/C22H17BrF4N4O3S/c23-15-7-12(8-28-18(15)31-6-2-3-11(9-31)20(33)34)19(32)30-21-29-16(10-35-21)13-4-1-5-14(17(13)24)22(25,26)27/h1,4-5,7-8,10-11H,2-3,6,9H2,(H,33,34)(H,29,30,32). The van der Waals surface area contributed by atoms with E-state index in [9.17, 15) is 32.3 Å². The molecule has 13 heteroatoms. The van der Waals surface area contributed by atoms with Crippen molar-refractivity contribution in [2.45, 2.75) is 19.0 Å². The number of carbonyl (C=O) groups excluding carboxylic acids is 1. The molecule has 1 amide bonds. The predicted octanol–water partition coefficient (Wildman–Crippen LogP) is 5.68. The van der Waals surface area contributed by atoms with Gasteiger partial charge < -0.3 is 10.0 Å². The first-order chi connectivity index (χ1) is 16.5. The van der Waals surface area contributed by atoms with Crippen LogP contribution in [0.3, 0.4) is 0 Å². The number of aliphatic carboxylic acids is 1. The van der Waals surface area contributed by atoms with Gasteiger partial charge in [0.2, 0.25) is 0 Å². The monoisotopic (exact) mass is 572 g/mol. The Morgan fingerprint density at radius 3 is 2.74 bits per heavy atom. The lowest BCUT2D eigenvalue weighted by Gasteiger charge is -2.32. The molecule has 184 valence electrons. The summed E-state index contributed by atoms with van der Waals surface area (Å²) in [4.78, 5) is 34.2. The molecule has 2 N–H and O–H groups in total. The van der Waals surface area contributed by atoms with Crippen molar-refractivity contribution >= 4 is 50.1 Å². The van der Waals surface area contributed by atoms with Crippen molar-refractivity contribution in [2.75, 3.05) is 23.3 Å². The maximum absolute atomic E-state index is 14.4. The van der Waals surface area contributed by atoms with Gasteiger partial charge in [0.1, 0.15) is 11.6 Å². The zero-order valence-corrected chi connectivity index (χ0v) is 20.2. The molecule has 3 heterocycles. The molecule has 0 spiro atoms. The molecule has 35 heavy (non-hydrogen) atoms. The van der Waals surface area contributed by atoms with Gasteiger partial charge in [0.05, 0.1) is 27.2 Å². The average Bonchev–Trinajstić information content (AvgIpc) is 3.26. The van der Waals surface area contributed by atoms with Gasteiger partial charge in [0.15, 0.2) is 5.13 Å². The van der Waals surface area contributed by atoms with Gasteiger partial charge in [-0.25, -0.2) is 14.4 Å². The second kappa shape index (κ2) is 9.90. The number of carboxylic acid groups (broad SMARTS) is 1. The summed E-state index contributed by atoms with van der Waals surface area (Å²) in [7, 11) is 0.